The van der Waals surface area contributed by atoms with Crippen LogP contribution in [0.4, 0.5) is 11.4 Å². The van der Waals surface area contributed by atoms with Gasteiger partial charge in [0, 0.05) is 12.1 Å². The van der Waals surface area contributed by atoms with E-state index in [2.05, 4.69) is 15.4 Å². The Balaban J connectivity index is 1.58. The Morgan fingerprint density at radius 2 is 2.03 bits per heavy atom. The molecule has 168 valence electrons. The molecular weight excluding hydrogens is 446 g/mol. The van der Waals surface area contributed by atoms with Crippen molar-refractivity contribution in [2.45, 2.75) is 19.9 Å². The fourth-order valence-corrected chi connectivity index (χ4v) is 3.94. The Bertz CT molecular complexity index is 1350. The third kappa shape index (κ3) is 4.58. The number of pyridine rings is 1. The average Bonchev–Trinajstić information content (AvgIpc) is 3.47. The van der Waals surface area contributed by atoms with Crippen molar-refractivity contribution < 1.29 is 19.2 Å². The van der Waals surface area contributed by atoms with Gasteiger partial charge in [-0.25, -0.2) is 14.5 Å². The summed E-state index contributed by atoms with van der Waals surface area (Å²) in [5.41, 5.74) is 1.12. The monoisotopic (exact) mass is 465 g/mol. The maximum absolute atomic E-state index is 12.9. The van der Waals surface area contributed by atoms with E-state index in [0.717, 1.165) is 4.88 Å². The highest BCUT2D eigenvalue weighted by molar-refractivity contribution is 7.13. The van der Waals surface area contributed by atoms with Crippen LogP contribution in [0.1, 0.15) is 30.2 Å². The van der Waals surface area contributed by atoms with Crippen LogP contribution < -0.4 is 5.32 Å². The standard InChI is InChI=1S/C22H19N5O5S/c1-13(2)26-21-15(11-23-26)14(10-17(25-21)19-8-5-9-33-19)22(29)32-12-20(28)24-16-6-3-4-7-18(16)27(30)31/h3-11,13H,12H2,1-2H3,(H,24,28). The molecule has 1 amide bonds. The first-order valence-electron chi connectivity index (χ1n) is 9.97. The lowest BCUT2D eigenvalue weighted by Crippen LogP contribution is -2.21. The number of fused-ring (bicyclic) bond motifs is 1. The highest BCUT2D eigenvalue weighted by Crippen LogP contribution is 2.29. The number of nitro groups is 1. The molecule has 0 atom stereocenters. The summed E-state index contributed by atoms with van der Waals surface area (Å²) >= 11 is 1.48. The smallest absolute Gasteiger partial charge is 0.339 e. The van der Waals surface area contributed by atoms with Crippen molar-refractivity contribution >= 4 is 45.6 Å². The first-order chi connectivity index (χ1) is 15.8. The predicted octanol–water partition coefficient (Wildman–Crippen LogP) is 4.44. The molecule has 33 heavy (non-hydrogen) atoms. The van der Waals surface area contributed by atoms with Gasteiger partial charge in [0.25, 0.3) is 11.6 Å². The molecule has 3 aromatic heterocycles. The molecule has 10 nitrogen and oxygen atoms in total. The minimum absolute atomic E-state index is 0.0184. The van der Waals surface area contributed by atoms with E-state index in [-0.39, 0.29) is 23.0 Å². The summed E-state index contributed by atoms with van der Waals surface area (Å²) in [7, 11) is 0. The SMILES string of the molecule is CC(C)n1ncc2c(C(=O)OCC(=O)Nc3ccccc3[N+](=O)[O-])cc(-c3cccs3)nc21. The zero-order chi connectivity index (χ0) is 23.5. The molecule has 0 aliphatic heterocycles. The number of esters is 1. The highest BCUT2D eigenvalue weighted by Gasteiger charge is 2.21. The first-order valence-corrected chi connectivity index (χ1v) is 10.9. The Hall–Kier alpha value is -4.12. The van der Waals surface area contributed by atoms with Crippen molar-refractivity contribution in [1.29, 1.82) is 0 Å². The number of ether oxygens (including phenoxy) is 1. The van der Waals surface area contributed by atoms with Gasteiger partial charge in [-0.15, -0.1) is 11.3 Å². The molecule has 3 heterocycles. The summed E-state index contributed by atoms with van der Waals surface area (Å²) in [5, 5.41) is 20.3. The van der Waals surface area contributed by atoms with Crippen molar-refractivity contribution in [3.8, 4) is 10.6 Å². The van der Waals surface area contributed by atoms with Gasteiger partial charge < -0.3 is 10.1 Å². The second-order valence-electron chi connectivity index (χ2n) is 7.35. The summed E-state index contributed by atoms with van der Waals surface area (Å²) in [6, 6.07) is 11.1. The summed E-state index contributed by atoms with van der Waals surface area (Å²) < 4.78 is 6.94. The van der Waals surface area contributed by atoms with Gasteiger partial charge in [0.2, 0.25) is 0 Å². The number of carbonyl (C=O) groups is 2. The molecule has 0 saturated heterocycles. The molecule has 0 radical (unpaired) electrons. The van der Waals surface area contributed by atoms with Crippen LogP contribution in [0.3, 0.4) is 0 Å². The summed E-state index contributed by atoms with van der Waals surface area (Å²) in [5.74, 6) is -1.42. The number of thiophene rings is 1. The van der Waals surface area contributed by atoms with Crippen molar-refractivity contribution in [2.75, 3.05) is 11.9 Å². The van der Waals surface area contributed by atoms with Crippen molar-refractivity contribution in [3.05, 3.63) is 69.7 Å². The average molecular weight is 465 g/mol. The highest BCUT2D eigenvalue weighted by atomic mass is 32.1. The van der Waals surface area contributed by atoms with E-state index in [1.54, 1.807) is 23.0 Å². The Morgan fingerprint density at radius 1 is 1.24 bits per heavy atom. The van der Waals surface area contributed by atoms with Crippen molar-refractivity contribution in [2.24, 2.45) is 0 Å². The fraction of sp³-hybridized carbons (Fsp3) is 0.182. The second-order valence-corrected chi connectivity index (χ2v) is 8.30. The van der Waals surface area contributed by atoms with E-state index in [9.17, 15) is 19.7 Å². The van der Waals surface area contributed by atoms with Crippen LogP contribution in [0.25, 0.3) is 21.6 Å². The molecular formula is C22H19N5O5S. The van der Waals surface area contributed by atoms with Crippen LogP contribution in [-0.4, -0.2) is 38.2 Å². The lowest BCUT2D eigenvalue weighted by Gasteiger charge is -2.10. The molecule has 0 aliphatic rings. The molecule has 4 aromatic rings. The number of nitro benzene ring substituents is 1. The quantitative estimate of drug-likeness (QED) is 0.242. The van der Waals surface area contributed by atoms with Crippen LogP contribution in [-0.2, 0) is 9.53 Å². The van der Waals surface area contributed by atoms with Gasteiger partial charge >= 0.3 is 5.97 Å². The molecule has 0 bridgehead atoms. The molecule has 0 aliphatic carbocycles. The third-order valence-electron chi connectivity index (χ3n) is 4.76. The van der Waals surface area contributed by atoms with Crippen LogP contribution in [0.2, 0.25) is 0 Å². The molecule has 0 unspecified atom stereocenters. The predicted molar refractivity (Wildman–Crippen MR) is 123 cm³/mol. The third-order valence-corrected chi connectivity index (χ3v) is 5.65. The number of nitrogens with one attached hydrogen (secondary N) is 1. The summed E-state index contributed by atoms with van der Waals surface area (Å²) in [6.07, 6.45) is 1.55. The minimum Gasteiger partial charge on any atom is -0.452 e. The number of amides is 1. The fourth-order valence-electron chi connectivity index (χ4n) is 3.25. The largest absolute Gasteiger partial charge is 0.452 e. The molecule has 1 N–H and O–H groups in total. The Labute approximate surface area is 192 Å². The number of aromatic nitrogens is 3. The van der Waals surface area contributed by atoms with E-state index in [4.69, 9.17) is 4.74 Å². The number of nitrogens with zero attached hydrogens (tertiary/aromatic N) is 4. The molecule has 1 aromatic carbocycles. The number of hydrogen-bond acceptors (Lipinski definition) is 8. The topological polar surface area (TPSA) is 129 Å². The molecule has 0 saturated carbocycles. The minimum atomic E-state index is -0.721. The molecule has 11 heteroatoms. The lowest BCUT2D eigenvalue weighted by molar-refractivity contribution is -0.383. The van der Waals surface area contributed by atoms with Gasteiger partial charge in [-0.3, -0.25) is 14.9 Å². The summed E-state index contributed by atoms with van der Waals surface area (Å²) in [6.45, 7) is 3.30. The van der Waals surface area contributed by atoms with Gasteiger partial charge in [0.1, 0.15) is 5.69 Å². The number of para-hydroxylation sites is 2. The lowest BCUT2D eigenvalue weighted by atomic mass is 10.1. The second kappa shape index (κ2) is 9.17. The van der Waals surface area contributed by atoms with Gasteiger partial charge in [0.15, 0.2) is 12.3 Å². The molecule has 4 rings (SSSR count). The maximum Gasteiger partial charge on any atom is 0.339 e. The molecule has 0 fully saturated rings. The molecule has 0 spiro atoms. The van der Waals surface area contributed by atoms with E-state index in [0.29, 0.717) is 16.7 Å². The zero-order valence-electron chi connectivity index (χ0n) is 17.7. The number of rotatable bonds is 7. The number of anilines is 1. The van der Waals surface area contributed by atoms with Crippen LogP contribution in [0, 0.1) is 10.1 Å². The zero-order valence-corrected chi connectivity index (χ0v) is 18.5. The summed E-state index contributed by atoms with van der Waals surface area (Å²) in [4.78, 5) is 41.3. The van der Waals surface area contributed by atoms with Gasteiger partial charge in [-0.2, -0.15) is 5.10 Å². The van der Waals surface area contributed by atoms with Crippen LogP contribution >= 0.6 is 11.3 Å². The van der Waals surface area contributed by atoms with Crippen LogP contribution in [0.5, 0.6) is 0 Å². The van der Waals surface area contributed by atoms with Gasteiger partial charge in [0.05, 0.1) is 32.6 Å². The Morgan fingerprint density at radius 3 is 2.73 bits per heavy atom. The number of benzene rings is 1. The van der Waals surface area contributed by atoms with Crippen molar-refractivity contribution in [1.82, 2.24) is 14.8 Å². The van der Waals surface area contributed by atoms with E-state index >= 15 is 0 Å². The number of carbonyl (C=O) groups excluding carboxylic acids is 2. The maximum atomic E-state index is 12.9. The van der Waals surface area contributed by atoms with E-state index in [1.165, 1.54) is 29.5 Å². The van der Waals surface area contributed by atoms with Gasteiger partial charge in [-0.05, 0) is 37.4 Å². The normalized spacial score (nSPS) is 11.0. The Kier molecular flexibility index (Phi) is 6.13. The van der Waals surface area contributed by atoms with E-state index in [1.807, 2.05) is 31.4 Å². The van der Waals surface area contributed by atoms with E-state index < -0.39 is 23.4 Å². The first kappa shape index (κ1) is 22.1. The van der Waals surface area contributed by atoms with Gasteiger partial charge in [-0.1, -0.05) is 18.2 Å². The van der Waals surface area contributed by atoms with Crippen LogP contribution in [0.15, 0.2) is 54.0 Å². The number of hydrogen-bond donors (Lipinski definition) is 1. The van der Waals surface area contributed by atoms with Crippen molar-refractivity contribution in [3.63, 3.8) is 0 Å².